The standard InChI is InChI=1S/C20H26N2O2/c23-19(9-8-15-13-21-18-7-3-2-6-17(15)18)22-16-12-20(24-14-16)10-4-1-5-11-20/h2-3,6-7,13,16,21H,1,4-5,8-12,14H2,(H,22,23)/t16-/m1/s1. The summed E-state index contributed by atoms with van der Waals surface area (Å²) in [6.45, 7) is 0.679. The van der Waals surface area contributed by atoms with Crippen molar-refractivity contribution in [2.24, 2.45) is 0 Å². The monoisotopic (exact) mass is 326 g/mol. The second-order valence-corrected chi connectivity index (χ2v) is 7.38. The summed E-state index contributed by atoms with van der Waals surface area (Å²) >= 11 is 0. The molecule has 24 heavy (non-hydrogen) atoms. The highest BCUT2D eigenvalue weighted by atomic mass is 16.5. The molecule has 1 saturated heterocycles. The molecule has 0 radical (unpaired) electrons. The van der Waals surface area contributed by atoms with Crippen LogP contribution in [-0.2, 0) is 16.0 Å². The fourth-order valence-electron chi connectivity index (χ4n) is 4.37. The summed E-state index contributed by atoms with van der Waals surface area (Å²) in [6.07, 6.45) is 10.5. The first-order valence-corrected chi connectivity index (χ1v) is 9.22. The molecule has 2 fully saturated rings. The van der Waals surface area contributed by atoms with Gasteiger partial charge in [-0.2, -0.15) is 0 Å². The first-order valence-electron chi connectivity index (χ1n) is 9.22. The van der Waals surface area contributed by atoms with Gasteiger partial charge >= 0.3 is 0 Å². The number of para-hydroxylation sites is 1. The number of amides is 1. The minimum atomic E-state index is 0.0625. The number of hydrogen-bond acceptors (Lipinski definition) is 2. The molecule has 2 aromatic rings. The number of fused-ring (bicyclic) bond motifs is 1. The Morgan fingerprint density at radius 3 is 2.96 bits per heavy atom. The number of carbonyl (C=O) groups is 1. The zero-order chi connectivity index (χ0) is 16.4. The summed E-state index contributed by atoms with van der Waals surface area (Å²) < 4.78 is 6.08. The summed E-state index contributed by atoms with van der Waals surface area (Å²) in [7, 11) is 0. The molecule has 1 spiro atoms. The summed E-state index contributed by atoms with van der Waals surface area (Å²) in [5.41, 5.74) is 2.41. The minimum Gasteiger partial charge on any atom is -0.373 e. The molecule has 2 heterocycles. The maximum absolute atomic E-state index is 12.3. The van der Waals surface area contributed by atoms with Gasteiger partial charge in [-0.05, 0) is 37.3 Å². The van der Waals surface area contributed by atoms with E-state index < -0.39 is 0 Å². The Morgan fingerprint density at radius 1 is 1.25 bits per heavy atom. The van der Waals surface area contributed by atoms with E-state index in [-0.39, 0.29) is 17.6 Å². The van der Waals surface area contributed by atoms with E-state index in [4.69, 9.17) is 4.74 Å². The van der Waals surface area contributed by atoms with Crippen LogP contribution in [0.5, 0.6) is 0 Å². The predicted octanol–water partition coefficient (Wildman–Crippen LogP) is 3.71. The summed E-state index contributed by atoms with van der Waals surface area (Å²) in [5.74, 6) is 0.141. The van der Waals surface area contributed by atoms with Gasteiger partial charge in [0.1, 0.15) is 0 Å². The maximum Gasteiger partial charge on any atom is 0.220 e. The fraction of sp³-hybridized carbons (Fsp3) is 0.550. The first-order chi connectivity index (χ1) is 11.7. The first kappa shape index (κ1) is 15.7. The second kappa shape index (κ2) is 6.60. The number of H-pyrrole nitrogens is 1. The van der Waals surface area contributed by atoms with Crippen LogP contribution in [0.3, 0.4) is 0 Å². The summed E-state index contributed by atoms with van der Waals surface area (Å²) in [6, 6.07) is 8.43. The Labute approximate surface area is 143 Å². The van der Waals surface area contributed by atoms with Gasteiger partial charge in [-0.25, -0.2) is 0 Å². The predicted molar refractivity (Wildman–Crippen MR) is 94.9 cm³/mol. The molecule has 0 bridgehead atoms. The SMILES string of the molecule is O=C(CCc1c[nH]c2ccccc12)N[C@H]1COC2(CCCCC2)C1. The van der Waals surface area contributed by atoms with E-state index in [1.807, 2.05) is 18.3 Å². The second-order valence-electron chi connectivity index (χ2n) is 7.38. The maximum atomic E-state index is 12.3. The van der Waals surface area contributed by atoms with Crippen LogP contribution in [-0.4, -0.2) is 29.1 Å². The topological polar surface area (TPSA) is 54.1 Å². The van der Waals surface area contributed by atoms with Crippen molar-refractivity contribution in [1.82, 2.24) is 10.3 Å². The third kappa shape index (κ3) is 3.20. The lowest BCUT2D eigenvalue weighted by molar-refractivity contribution is -0.121. The molecular formula is C20H26N2O2. The molecule has 2 aliphatic rings. The van der Waals surface area contributed by atoms with Crippen molar-refractivity contribution >= 4 is 16.8 Å². The number of carbonyl (C=O) groups excluding carboxylic acids is 1. The van der Waals surface area contributed by atoms with Gasteiger partial charge < -0.3 is 15.0 Å². The van der Waals surface area contributed by atoms with E-state index in [0.29, 0.717) is 13.0 Å². The Hall–Kier alpha value is -1.81. The van der Waals surface area contributed by atoms with Crippen LogP contribution in [0.15, 0.2) is 30.5 Å². The Morgan fingerprint density at radius 2 is 2.08 bits per heavy atom. The molecule has 1 aromatic heterocycles. The lowest BCUT2D eigenvalue weighted by Gasteiger charge is -2.32. The number of nitrogens with one attached hydrogen (secondary N) is 2. The zero-order valence-corrected chi connectivity index (χ0v) is 14.1. The van der Waals surface area contributed by atoms with Crippen molar-refractivity contribution in [2.75, 3.05) is 6.61 Å². The summed E-state index contributed by atoms with van der Waals surface area (Å²) in [4.78, 5) is 15.6. The molecule has 1 atom stereocenters. The Balaban J connectivity index is 1.29. The Bertz CT molecular complexity index is 715. The molecule has 4 rings (SSSR count). The van der Waals surface area contributed by atoms with Crippen LogP contribution in [0.4, 0.5) is 0 Å². The lowest BCUT2D eigenvalue weighted by Crippen LogP contribution is -2.37. The van der Waals surface area contributed by atoms with Crippen LogP contribution in [0, 0.1) is 0 Å². The van der Waals surface area contributed by atoms with Crippen molar-refractivity contribution in [3.63, 3.8) is 0 Å². The highest BCUT2D eigenvalue weighted by molar-refractivity contribution is 5.84. The number of ether oxygens (including phenoxy) is 1. The average Bonchev–Trinajstić information content (AvgIpc) is 3.18. The molecular weight excluding hydrogens is 300 g/mol. The number of aromatic nitrogens is 1. The van der Waals surface area contributed by atoms with Crippen molar-refractivity contribution in [1.29, 1.82) is 0 Å². The summed E-state index contributed by atoms with van der Waals surface area (Å²) in [5, 5.41) is 4.41. The molecule has 2 N–H and O–H groups in total. The van der Waals surface area contributed by atoms with Crippen molar-refractivity contribution in [3.05, 3.63) is 36.0 Å². The van der Waals surface area contributed by atoms with E-state index in [1.165, 1.54) is 30.2 Å². The van der Waals surface area contributed by atoms with Gasteiger partial charge in [-0.1, -0.05) is 37.5 Å². The number of hydrogen-bond donors (Lipinski definition) is 2. The van der Waals surface area contributed by atoms with Gasteiger partial charge in [0, 0.05) is 23.5 Å². The third-order valence-corrected chi connectivity index (χ3v) is 5.64. The minimum absolute atomic E-state index is 0.0625. The molecule has 1 saturated carbocycles. The van der Waals surface area contributed by atoms with E-state index in [1.54, 1.807) is 0 Å². The molecule has 1 amide bonds. The van der Waals surface area contributed by atoms with Gasteiger partial charge in [0.15, 0.2) is 0 Å². The van der Waals surface area contributed by atoms with Crippen molar-refractivity contribution in [3.8, 4) is 0 Å². The number of benzene rings is 1. The molecule has 1 aliphatic heterocycles. The zero-order valence-electron chi connectivity index (χ0n) is 14.1. The quantitative estimate of drug-likeness (QED) is 0.900. The van der Waals surface area contributed by atoms with Crippen molar-refractivity contribution < 1.29 is 9.53 Å². The van der Waals surface area contributed by atoms with E-state index in [9.17, 15) is 4.79 Å². The van der Waals surface area contributed by atoms with Gasteiger partial charge in [0.05, 0.1) is 18.2 Å². The number of aromatic amines is 1. The third-order valence-electron chi connectivity index (χ3n) is 5.64. The molecule has 1 aromatic carbocycles. The largest absolute Gasteiger partial charge is 0.373 e. The lowest BCUT2D eigenvalue weighted by atomic mass is 9.82. The molecule has 4 nitrogen and oxygen atoms in total. The molecule has 0 unspecified atom stereocenters. The van der Waals surface area contributed by atoms with E-state index in [2.05, 4.69) is 22.4 Å². The van der Waals surface area contributed by atoms with Gasteiger partial charge in [0.2, 0.25) is 5.91 Å². The number of aryl methyl sites for hydroxylation is 1. The Kier molecular flexibility index (Phi) is 4.31. The highest BCUT2D eigenvalue weighted by Gasteiger charge is 2.41. The molecule has 4 heteroatoms. The van der Waals surface area contributed by atoms with Gasteiger partial charge in [-0.15, -0.1) is 0 Å². The highest BCUT2D eigenvalue weighted by Crippen LogP contribution is 2.39. The van der Waals surface area contributed by atoms with Crippen LogP contribution >= 0.6 is 0 Å². The van der Waals surface area contributed by atoms with Gasteiger partial charge in [0.25, 0.3) is 0 Å². The van der Waals surface area contributed by atoms with E-state index >= 15 is 0 Å². The van der Waals surface area contributed by atoms with Crippen molar-refractivity contribution in [2.45, 2.75) is 63.0 Å². The average molecular weight is 326 g/mol. The van der Waals surface area contributed by atoms with Crippen LogP contribution in [0.1, 0.15) is 50.5 Å². The smallest absolute Gasteiger partial charge is 0.220 e. The number of rotatable bonds is 4. The van der Waals surface area contributed by atoms with E-state index in [0.717, 1.165) is 31.2 Å². The van der Waals surface area contributed by atoms with Crippen LogP contribution in [0.2, 0.25) is 0 Å². The molecule has 128 valence electrons. The van der Waals surface area contributed by atoms with Crippen LogP contribution in [0.25, 0.3) is 10.9 Å². The van der Waals surface area contributed by atoms with Crippen LogP contribution < -0.4 is 5.32 Å². The van der Waals surface area contributed by atoms with Gasteiger partial charge in [-0.3, -0.25) is 4.79 Å². The normalized spacial score (nSPS) is 22.9. The fourth-order valence-corrected chi connectivity index (χ4v) is 4.37. The molecule has 1 aliphatic carbocycles.